The normalized spacial score (nSPS) is 21.1. The van der Waals surface area contributed by atoms with Gasteiger partial charge >= 0.3 is 5.97 Å². The number of hydrogen-bond acceptors (Lipinski definition) is 7. The van der Waals surface area contributed by atoms with Crippen LogP contribution < -0.4 is 0 Å². The maximum absolute atomic E-state index is 12.4. The predicted molar refractivity (Wildman–Crippen MR) is 96.2 cm³/mol. The van der Waals surface area contributed by atoms with E-state index in [0.29, 0.717) is 18.7 Å². The average molecular weight is 381 g/mol. The van der Waals surface area contributed by atoms with Crippen LogP contribution in [0.25, 0.3) is 11.4 Å². The lowest BCUT2D eigenvalue weighted by molar-refractivity contribution is -0.147. The van der Waals surface area contributed by atoms with Crippen molar-refractivity contribution in [3.63, 3.8) is 0 Å². The van der Waals surface area contributed by atoms with Crippen molar-refractivity contribution in [2.75, 3.05) is 6.54 Å². The smallest absolute Gasteiger partial charge is 0.308 e. The lowest BCUT2D eigenvalue weighted by Crippen LogP contribution is -2.33. The van der Waals surface area contributed by atoms with Crippen molar-refractivity contribution in [1.82, 2.24) is 15.0 Å². The Labute approximate surface area is 161 Å². The van der Waals surface area contributed by atoms with Crippen LogP contribution in [0.15, 0.2) is 47.0 Å². The van der Waals surface area contributed by atoms with Gasteiger partial charge in [0.25, 0.3) is 5.89 Å². The average Bonchev–Trinajstić information content (AvgIpc) is 3.30. The second kappa shape index (κ2) is 7.75. The summed E-state index contributed by atoms with van der Waals surface area (Å²) < 4.78 is 10.2. The number of aromatic nitrogens is 2. The predicted octanol–water partition coefficient (Wildman–Crippen LogP) is 2.12. The zero-order chi connectivity index (χ0) is 19.5. The van der Waals surface area contributed by atoms with Gasteiger partial charge < -0.3 is 9.26 Å². The Bertz CT molecular complexity index is 895. The Kier molecular flexibility index (Phi) is 5.01. The highest BCUT2D eigenvalue weighted by molar-refractivity contribution is 6.05. The number of benzene rings is 1. The molecular weight excluding hydrogens is 362 g/mol. The molecule has 1 aromatic heterocycles. The van der Waals surface area contributed by atoms with Gasteiger partial charge in [0.1, 0.15) is 0 Å². The van der Waals surface area contributed by atoms with E-state index in [-0.39, 0.29) is 49.1 Å². The first-order valence-electron chi connectivity index (χ1n) is 9.17. The molecule has 2 unspecified atom stereocenters. The van der Waals surface area contributed by atoms with Crippen LogP contribution in [0, 0.1) is 11.8 Å². The molecule has 8 nitrogen and oxygen atoms in total. The van der Waals surface area contributed by atoms with Crippen LogP contribution >= 0.6 is 0 Å². The molecule has 0 N–H and O–H groups in total. The molecule has 0 saturated carbocycles. The fraction of sp³-hybridized carbons (Fsp3) is 0.350. The Morgan fingerprint density at radius 3 is 2.46 bits per heavy atom. The second-order valence-corrected chi connectivity index (χ2v) is 6.77. The number of esters is 1. The first kappa shape index (κ1) is 18.1. The van der Waals surface area contributed by atoms with E-state index in [1.807, 2.05) is 42.5 Å². The van der Waals surface area contributed by atoms with E-state index in [0.717, 1.165) is 5.56 Å². The number of allylic oxidation sites excluding steroid dienone is 2. The SMILES string of the molecule is O=C(CCN1C(=O)C2CC=CCC2C1=O)OCc1nc(-c2ccccc2)no1. The highest BCUT2D eigenvalue weighted by Gasteiger charge is 2.46. The van der Waals surface area contributed by atoms with Crippen LogP contribution in [0.1, 0.15) is 25.2 Å². The summed E-state index contributed by atoms with van der Waals surface area (Å²) in [5.74, 6) is -0.915. The lowest BCUT2D eigenvalue weighted by atomic mass is 9.85. The summed E-state index contributed by atoms with van der Waals surface area (Å²) >= 11 is 0. The van der Waals surface area contributed by atoms with Gasteiger partial charge in [-0.15, -0.1) is 0 Å². The van der Waals surface area contributed by atoms with Crippen LogP contribution in [0.2, 0.25) is 0 Å². The minimum Gasteiger partial charge on any atom is -0.456 e. The third-order valence-corrected chi connectivity index (χ3v) is 5.00. The van der Waals surface area contributed by atoms with Crippen molar-refractivity contribution in [2.45, 2.75) is 25.9 Å². The molecule has 2 aliphatic rings. The largest absolute Gasteiger partial charge is 0.456 e. The Morgan fingerprint density at radius 2 is 1.79 bits per heavy atom. The van der Waals surface area contributed by atoms with E-state index in [1.54, 1.807) is 0 Å². The summed E-state index contributed by atoms with van der Waals surface area (Å²) in [5.41, 5.74) is 0.797. The fourth-order valence-corrected chi connectivity index (χ4v) is 3.52. The summed E-state index contributed by atoms with van der Waals surface area (Å²) in [4.78, 5) is 42.1. The topological polar surface area (TPSA) is 103 Å². The summed E-state index contributed by atoms with van der Waals surface area (Å²) in [6, 6.07) is 9.29. The third-order valence-electron chi connectivity index (χ3n) is 5.00. The van der Waals surface area contributed by atoms with Crippen molar-refractivity contribution in [2.24, 2.45) is 11.8 Å². The minimum atomic E-state index is -0.534. The van der Waals surface area contributed by atoms with Gasteiger partial charge in [0.15, 0.2) is 6.61 Å². The first-order chi connectivity index (χ1) is 13.6. The zero-order valence-electron chi connectivity index (χ0n) is 15.1. The first-order valence-corrected chi connectivity index (χ1v) is 9.17. The summed E-state index contributed by atoms with van der Waals surface area (Å²) in [6.07, 6.45) is 4.95. The number of carbonyl (C=O) groups is 3. The van der Waals surface area contributed by atoms with E-state index in [2.05, 4.69) is 10.1 Å². The molecule has 0 spiro atoms. The van der Waals surface area contributed by atoms with Gasteiger partial charge in [0.2, 0.25) is 17.6 Å². The van der Waals surface area contributed by atoms with Crippen molar-refractivity contribution >= 4 is 17.8 Å². The molecule has 1 fully saturated rings. The van der Waals surface area contributed by atoms with Crippen molar-refractivity contribution in [3.05, 3.63) is 48.4 Å². The number of rotatable bonds is 6. The molecule has 2 atom stereocenters. The molecule has 1 aromatic carbocycles. The number of ether oxygens (including phenoxy) is 1. The van der Waals surface area contributed by atoms with E-state index in [9.17, 15) is 14.4 Å². The highest BCUT2D eigenvalue weighted by atomic mass is 16.6. The van der Waals surface area contributed by atoms with Gasteiger partial charge in [-0.1, -0.05) is 47.6 Å². The molecular formula is C20H19N3O5. The number of amides is 2. The van der Waals surface area contributed by atoms with Gasteiger partial charge in [-0.3, -0.25) is 19.3 Å². The standard InChI is InChI=1S/C20H19N3O5/c24-17(10-11-23-19(25)14-8-4-5-9-15(14)20(23)26)27-12-16-21-18(22-28-16)13-6-2-1-3-7-13/h1-7,14-15H,8-12H2. The molecule has 1 saturated heterocycles. The molecule has 1 aliphatic carbocycles. The van der Waals surface area contributed by atoms with Gasteiger partial charge in [0.05, 0.1) is 18.3 Å². The number of carbonyl (C=O) groups excluding carboxylic acids is 3. The van der Waals surface area contributed by atoms with Crippen LogP contribution in [0.4, 0.5) is 0 Å². The molecule has 1 aliphatic heterocycles. The molecule has 8 heteroatoms. The Balaban J connectivity index is 1.27. The van der Waals surface area contributed by atoms with E-state index in [4.69, 9.17) is 9.26 Å². The molecule has 0 radical (unpaired) electrons. The number of imide groups is 1. The summed E-state index contributed by atoms with van der Waals surface area (Å²) in [6.45, 7) is -0.127. The third kappa shape index (κ3) is 3.58. The van der Waals surface area contributed by atoms with E-state index < -0.39 is 5.97 Å². The van der Waals surface area contributed by atoms with Crippen LogP contribution in [0.3, 0.4) is 0 Å². The molecule has 2 aromatic rings. The van der Waals surface area contributed by atoms with Crippen molar-refractivity contribution in [3.8, 4) is 11.4 Å². The maximum Gasteiger partial charge on any atom is 0.308 e. The fourth-order valence-electron chi connectivity index (χ4n) is 3.52. The van der Waals surface area contributed by atoms with Gasteiger partial charge in [0, 0.05) is 12.1 Å². The summed E-state index contributed by atoms with van der Waals surface area (Å²) in [5, 5.41) is 3.85. The lowest BCUT2D eigenvalue weighted by Gasteiger charge is -2.14. The van der Waals surface area contributed by atoms with E-state index >= 15 is 0 Å². The van der Waals surface area contributed by atoms with Gasteiger partial charge in [-0.2, -0.15) is 4.98 Å². The summed E-state index contributed by atoms with van der Waals surface area (Å²) in [7, 11) is 0. The van der Waals surface area contributed by atoms with E-state index in [1.165, 1.54) is 4.90 Å². The zero-order valence-corrected chi connectivity index (χ0v) is 15.1. The number of fused-ring (bicyclic) bond motifs is 1. The molecule has 0 bridgehead atoms. The van der Waals surface area contributed by atoms with Crippen LogP contribution in [0.5, 0.6) is 0 Å². The van der Waals surface area contributed by atoms with Gasteiger partial charge in [-0.25, -0.2) is 0 Å². The van der Waals surface area contributed by atoms with Crippen molar-refractivity contribution < 1.29 is 23.6 Å². The van der Waals surface area contributed by atoms with Crippen LogP contribution in [-0.2, 0) is 25.7 Å². The molecule has 2 heterocycles. The maximum atomic E-state index is 12.4. The van der Waals surface area contributed by atoms with Crippen molar-refractivity contribution in [1.29, 1.82) is 0 Å². The number of nitrogens with zero attached hydrogens (tertiary/aromatic N) is 3. The molecule has 144 valence electrons. The second-order valence-electron chi connectivity index (χ2n) is 6.77. The Hall–Kier alpha value is -3.29. The molecule has 4 rings (SSSR count). The number of likely N-dealkylation sites (tertiary alicyclic amines) is 1. The quantitative estimate of drug-likeness (QED) is 0.429. The van der Waals surface area contributed by atoms with Gasteiger partial charge in [-0.05, 0) is 12.8 Å². The number of hydrogen-bond donors (Lipinski definition) is 0. The minimum absolute atomic E-state index is 0.0304. The molecule has 28 heavy (non-hydrogen) atoms. The Morgan fingerprint density at radius 1 is 1.11 bits per heavy atom. The monoisotopic (exact) mass is 381 g/mol. The molecule has 2 amide bonds. The van der Waals surface area contributed by atoms with Crippen LogP contribution in [-0.4, -0.2) is 39.4 Å². The highest BCUT2D eigenvalue weighted by Crippen LogP contribution is 2.35.